The van der Waals surface area contributed by atoms with Gasteiger partial charge in [-0.05, 0) is 44.1 Å². The van der Waals surface area contributed by atoms with Crippen LogP contribution < -0.4 is 20.1 Å². The third-order valence-electron chi connectivity index (χ3n) is 6.34. The number of halogens is 1. The Bertz CT molecular complexity index is 1240. The van der Waals surface area contributed by atoms with Gasteiger partial charge in [-0.15, -0.1) is 0 Å². The van der Waals surface area contributed by atoms with E-state index in [0.29, 0.717) is 64.0 Å². The second kappa shape index (κ2) is 10.5. The zero-order valence-electron chi connectivity index (χ0n) is 19.3. The van der Waals surface area contributed by atoms with Crippen LogP contribution in [0.25, 0.3) is 11.0 Å². The van der Waals surface area contributed by atoms with Crippen LogP contribution in [0.15, 0.2) is 30.5 Å². The summed E-state index contributed by atoms with van der Waals surface area (Å²) in [6.45, 7) is 3.27. The molecule has 0 bridgehead atoms. The highest BCUT2D eigenvalue weighted by molar-refractivity contribution is 7.80. The minimum absolute atomic E-state index is 0.378. The van der Waals surface area contributed by atoms with Crippen molar-refractivity contribution in [2.75, 3.05) is 38.7 Å². The summed E-state index contributed by atoms with van der Waals surface area (Å²) in [6, 6.07) is 7.84. The SMILES string of the molecule is COc1ccc2ncc(Cl)c(C(O)CN3CCC(NCc4ccc5c(n4)NC(=S)CO5)CC3)c2n1. The summed E-state index contributed by atoms with van der Waals surface area (Å²) in [4.78, 5) is 16.3. The van der Waals surface area contributed by atoms with Crippen molar-refractivity contribution in [2.45, 2.75) is 31.5 Å². The number of aliphatic hydroxyl groups excluding tert-OH is 1. The molecular weight excluding hydrogens is 488 g/mol. The highest BCUT2D eigenvalue weighted by Gasteiger charge is 2.25. The number of nitrogens with one attached hydrogen (secondary N) is 2. The van der Waals surface area contributed by atoms with E-state index >= 15 is 0 Å². The summed E-state index contributed by atoms with van der Waals surface area (Å²) in [5.74, 6) is 1.87. The molecule has 2 aliphatic heterocycles. The number of fused-ring (bicyclic) bond motifs is 2. The molecule has 1 atom stereocenters. The van der Waals surface area contributed by atoms with Gasteiger partial charge in [0.15, 0.2) is 11.6 Å². The molecule has 3 N–H and O–H groups in total. The topological polar surface area (TPSA) is 105 Å². The zero-order valence-corrected chi connectivity index (χ0v) is 20.9. The van der Waals surface area contributed by atoms with E-state index in [4.69, 9.17) is 33.3 Å². The van der Waals surface area contributed by atoms with Crippen molar-refractivity contribution in [2.24, 2.45) is 0 Å². The van der Waals surface area contributed by atoms with E-state index in [2.05, 4.69) is 30.5 Å². The number of rotatable bonds is 7. The number of pyridine rings is 3. The van der Waals surface area contributed by atoms with Crippen LogP contribution in [-0.4, -0.2) is 69.3 Å². The van der Waals surface area contributed by atoms with Gasteiger partial charge in [0, 0.05) is 37.0 Å². The number of aromatic nitrogens is 3. The molecule has 2 aliphatic rings. The van der Waals surface area contributed by atoms with Crippen LogP contribution in [0, 0.1) is 0 Å². The van der Waals surface area contributed by atoms with Crippen LogP contribution in [0.1, 0.15) is 30.2 Å². The average Bonchev–Trinajstić information content (AvgIpc) is 2.87. The van der Waals surface area contributed by atoms with Crippen LogP contribution in [-0.2, 0) is 6.54 Å². The van der Waals surface area contributed by atoms with Crippen molar-refractivity contribution in [1.29, 1.82) is 0 Å². The van der Waals surface area contributed by atoms with E-state index in [1.165, 1.54) is 0 Å². The van der Waals surface area contributed by atoms with E-state index in [0.717, 1.165) is 37.4 Å². The van der Waals surface area contributed by atoms with Gasteiger partial charge in [-0.2, -0.15) is 0 Å². The van der Waals surface area contributed by atoms with Gasteiger partial charge in [0.2, 0.25) is 5.88 Å². The Morgan fingerprint density at radius 3 is 2.91 bits per heavy atom. The molecule has 1 saturated heterocycles. The van der Waals surface area contributed by atoms with Gasteiger partial charge in [-0.3, -0.25) is 4.98 Å². The maximum atomic E-state index is 11.1. The van der Waals surface area contributed by atoms with Gasteiger partial charge >= 0.3 is 0 Å². The maximum absolute atomic E-state index is 11.1. The molecule has 9 nitrogen and oxygen atoms in total. The smallest absolute Gasteiger partial charge is 0.213 e. The molecule has 184 valence electrons. The van der Waals surface area contributed by atoms with Crippen LogP contribution in [0.4, 0.5) is 5.82 Å². The number of hydrogen-bond donors (Lipinski definition) is 3. The van der Waals surface area contributed by atoms with Crippen LogP contribution in [0.2, 0.25) is 5.02 Å². The summed E-state index contributed by atoms with van der Waals surface area (Å²) in [6.07, 6.45) is 2.73. The van der Waals surface area contributed by atoms with Crippen molar-refractivity contribution in [3.63, 3.8) is 0 Å². The molecule has 0 aromatic carbocycles. The van der Waals surface area contributed by atoms with Gasteiger partial charge in [-0.25, -0.2) is 9.97 Å². The van der Waals surface area contributed by atoms with Crippen LogP contribution >= 0.6 is 23.8 Å². The molecule has 0 aliphatic carbocycles. The van der Waals surface area contributed by atoms with E-state index in [-0.39, 0.29) is 0 Å². The normalized spacial score (nSPS) is 17.5. The lowest BCUT2D eigenvalue weighted by atomic mass is 10.0. The second-order valence-electron chi connectivity index (χ2n) is 8.70. The molecule has 0 amide bonds. The molecule has 11 heteroatoms. The Labute approximate surface area is 213 Å². The van der Waals surface area contributed by atoms with Gasteiger partial charge in [0.1, 0.15) is 17.1 Å². The van der Waals surface area contributed by atoms with Crippen molar-refractivity contribution in [3.8, 4) is 11.6 Å². The van der Waals surface area contributed by atoms with Gasteiger partial charge < -0.3 is 30.1 Å². The van der Waals surface area contributed by atoms with E-state index in [1.54, 1.807) is 19.4 Å². The molecule has 0 radical (unpaired) electrons. The highest BCUT2D eigenvalue weighted by Crippen LogP contribution is 2.31. The molecule has 5 rings (SSSR count). The highest BCUT2D eigenvalue weighted by atomic mass is 35.5. The van der Waals surface area contributed by atoms with Gasteiger partial charge in [0.05, 0.1) is 29.4 Å². The Hall–Kier alpha value is -2.63. The number of aliphatic hydroxyl groups is 1. The number of likely N-dealkylation sites (tertiary alicyclic amines) is 1. The molecule has 3 aromatic rings. The first-order chi connectivity index (χ1) is 17.0. The summed E-state index contributed by atoms with van der Waals surface area (Å²) in [7, 11) is 1.56. The molecular formula is C24H27ClN6O3S. The number of ether oxygens (including phenoxy) is 2. The first-order valence-corrected chi connectivity index (χ1v) is 12.3. The minimum Gasteiger partial charge on any atom is -0.483 e. The monoisotopic (exact) mass is 514 g/mol. The van der Waals surface area contributed by atoms with Crippen LogP contribution in [0.3, 0.4) is 0 Å². The summed E-state index contributed by atoms with van der Waals surface area (Å²) < 4.78 is 10.8. The lowest BCUT2D eigenvalue weighted by Crippen LogP contribution is -2.43. The third kappa shape index (κ3) is 5.46. The van der Waals surface area contributed by atoms with Gasteiger partial charge in [0.25, 0.3) is 0 Å². The number of methoxy groups -OCH3 is 1. The van der Waals surface area contributed by atoms with Crippen molar-refractivity contribution >= 4 is 45.7 Å². The van der Waals surface area contributed by atoms with E-state index in [1.807, 2.05) is 18.2 Å². The number of piperidine rings is 1. The quantitative estimate of drug-likeness (QED) is 0.407. The molecule has 3 aromatic heterocycles. The maximum Gasteiger partial charge on any atom is 0.213 e. The van der Waals surface area contributed by atoms with Crippen LogP contribution in [0.5, 0.6) is 11.6 Å². The first kappa shape index (κ1) is 24.1. The Kier molecular flexibility index (Phi) is 7.26. The zero-order chi connectivity index (χ0) is 24.4. The van der Waals surface area contributed by atoms with Crippen molar-refractivity contribution < 1.29 is 14.6 Å². The number of nitrogens with zero attached hydrogens (tertiary/aromatic N) is 4. The molecule has 0 saturated carbocycles. The van der Waals surface area contributed by atoms with Crippen molar-refractivity contribution in [1.82, 2.24) is 25.2 Å². The molecule has 1 fully saturated rings. The first-order valence-electron chi connectivity index (χ1n) is 11.6. The third-order valence-corrected chi connectivity index (χ3v) is 6.86. The number of thiocarbonyl (C=S) groups is 1. The fraction of sp³-hybridized carbons (Fsp3) is 0.417. The van der Waals surface area contributed by atoms with Crippen molar-refractivity contribution in [3.05, 3.63) is 46.7 Å². The average molecular weight is 515 g/mol. The fourth-order valence-corrected chi connectivity index (χ4v) is 4.90. The Morgan fingerprint density at radius 2 is 2.11 bits per heavy atom. The molecule has 1 unspecified atom stereocenters. The summed E-state index contributed by atoms with van der Waals surface area (Å²) >= 11 is 11.6. The summed E-state index contributed by atoms with van der Waals surface area (Å²) in [5, 5.41) is 18.2. The standard InChI is InChI=1S/C24H27ClN6O3S/c1-33-20-5-3-17-23(29-20)22(16(25)11-27-17)18(32)12-31-8-6-14(7-9-31)26-10-15-2-4-19-24(28-15)30-21(35)13-34-19/h2-5,11,14,18,26,32H,6-10,12-13H2,1H3,(H,28,30,35). The predicted octanol–water partition coefficient (Wildman–Crippen LogP) is 3.11. The van der Waals surface area contributed by atoms with E-state index in [9.17, 15) is 5.11 Å². The lowest BCUT2D eigenvalue weighted by molar-refractivity contribution is 0.0948. The Balaban J connectivity index is 1.16. The van der Waals surface area contributed by atoms with Gasteiger partial charge in [-0.1, -0.05) is 23.8 Å². The molecule has 35 heavy (non-hydrogen) atoms. The molecule has 5 heterocycles. The number of anilines is 1. The fourth-order valence-electron chi connectivity index (χ4n) is 4.48. The largest absolute Gasteiger partial charge is 0.483 e. The molecule has 0 spiro atoms. The second-order valence-corrected chi connectivity index (χ2v) is 9.60. The predicted molar refractivity (Wildman–Crippen MR) is 138 cm³/mol. The minimum atomic E-state index is -0.780. The summed E-state index contributed by atoms with van der Waals surface area (Å²) in [5.41, 5.74) is 2.77. The number of β-amino-alcohol motifs (C(OH)–C–C–N with tert-alkyl or cyclic N) is 1. The lowest BCUT2D eigenvalue weighted by Gasteiger charge is -2.33. The Morgan fingerprint density at radius 1 is 1.29 bits per heavy atom. The van der Waals surface area contributed by atoms with E-state index < -0.39 is 6.10 Å². The number of hydrogen-bond acceptors (Lipinski definition) is 9.